The molecular weight excluding hydrogens is 425 g/mol. The molecule has 0 bridgehead atoms. The van der Waals surface area contributed by atoms with Gasteiger partial charge in [-0.15, -0.1) is 11.3 Å². The molecule has 0 fully saturated rings. The monoisotopic (exact) mass is 445 g/mol. The van der Waals surface area contributed by atoms with Crippen LogP contribution < -0.4 is 4.74 Å². The largest absolute Gasteiger partial charge is 0.493 e. The molecule has 30 heavy (non-hydrogen) atoms. The fraction of sp³-hybridized carbons (Fsp3) is 0.304. The third kappa shape index (κ3) is 4.50. The van der Waals surface area contributed by atoms with E-state index in [4.69, 9.17) is 21.4 Å². The molecule has 0 saturated heterocycles. The molecule has 1 heterocycles. The standard InChI is InChI=1S/C23H21ClFNO3S/c1-13-21(26-23(30-13)16-4-7-20(25)19(24)11-16)8-9-29-17-5-6-18-14(10-17)2-3-15(18)12-22(27)28/h4-7,10-11,15H,2-3,8-9,12H2,1H3,(H,27,28). The van der Waals surface area contributed by atoms with Crippen molar-refractivity contribution in [1.82, 2.24) is 4.98 Å². The van der Waals surface area contributed by atoms with Crippen LogP contribution in [0, 0.1) is 12.7 Å². The zero-order valence-electron chi connectivity index (χ0n) is 16.5. The Morgan fingerprint density at radius 2 is 2.17 bits per heavy atom. The van der Waals surface area contributed by atoms with E-state index in [9.17, 15) is 9.18 Å². The summed E-state index contributed by atoms with van der Waals surface area (Å²) in [6.07, 6.45) is 2.60. The molecule has 1 aliphatic rings. The zero-order chi connectivity index (χ0) is 21.3. The van der Waals surface area contributed by atoms with E-state index in [0.717, 1.165) is 45.3 Å². The summed E-state index contributed by atoms with van der Waals surface area (Å²) < 4.78 is 19.3. The topological polar surface area (TPSA) is 59.4 Å². The minimum Gasteiger partial charge on any atom is -0.493 e. The number of nitrogens with zero attached hydrogens (tertiary/aromatic N) is 1. The Labute approximate surface area is 183 Å². The van der Waals surface area contributed by atoms with Gasteiger partial charge in [0.25, 0.3) is 0 Å². The number of aryl methyl sites for hydroxylation is 2. The van der Waals surface area contributed by atoms with Crippen LogP contribution in [0.15, 0.2) is 36.4 Å². The Kier molecular flexibility index (Phi) is 6.06. The van der Waals surface area contributed by atoms with Crippen LogP contribution in [0.3, 0.4) is 0 Å². The fourth-order valence-corrected chi connectivity index (χ4v) is 5.01. The number of aromatic nitrogens is 1. The number of benzene rings is 2. The van der Waals surface area contributed by atoms with E-state index in [1.54, 1.807) is 23.5 Å². The predicted molar refractivity (Wildman–Crippen MR) is 116 cm³/mol. The molecule has 0 spiro atoms. The van der Waals surface area contributed by atoms with Gasteiger partial charge >= 0.3 is 5.97 Å². The summed E-state index contributed by atoms with van der Waals surface area (Å²) in [6, 6.07) is 10.6. The van der Waals surface area contributed by atoms with Crippen LogP contribution >= 0.6 is 22.9 Å². The maximum absolute atomic E-state index is 13.4. The maximum Gasteiger partial charge on any atom is 0.303 e. The minimum atomic E-state index is -0.755. The van der Waals surface area contributed by atoms with Gasteiger partial charge in [-0.25, -0.2) is 9.37 Å². The van der Waals surface area contributed by atoms with E-state index in [1.165, 1.54) is 11.6 Å². The maximum atomic E-state index is 13.4. The molecule has 4 rings (SSSR count). The number of hydrogen-bond donors (Lipinski definition) is 1. The van der Waals surface area contributed by atoms with Crippen LogP contribution in [0.2, 0.25) is 5.02 Å². The van der Waals surface area contributed by atoms with Crippen LogP contribution in [-0.2, 0) is 17.6 Å². The average molecular weight is 446 g/mol. The van der Waals surface area contributed by atoms with Gasteiger partial charge in [0.1, 0.15) is 16.6 Å². The van der Waals surface area contributed by atoms with E-state index in [1.807, 2.05) is 25.1 Å². The first-order valence-corrected chi connectivity index (χ1v) is 11.0. The highest BCUT2D eigenvalue weighted by molar-refractivity contribution is 7.15. The Morgan fingerprint density at radius 3 is 2.93 bits per heavy atom. The Bertz CT molecular complexity index is 1100. The lowest BCUT2D eigenvalue weighted by molar-refractivity contribution is -0.137. The Morgan fingerprint density at radius 1 is 1.33 bits per heavy atom. The number of carboxylic acid groups (broad SMARTS) is 1. The lowest BCUT2D eigenvalue weighted by Gasteiger charge is -2.10. The molecule has 0 radical (unpaired) electrons. The van der Waals surface area contributed by atoms with Crippen LogP contribution in [0.25, 0.3) is 10.6 Å². The molecular formula is C23H21ClFNO3S. The van der Waals surface area contributed by atoms with Gasteiger partial charge in [-0.05, 0) is 67.1 Å². The second-order valence-electron chi connectivity index (χ2n) is 7.44. The summed E-state index contributed by atoms with van der Waals surface area (Å²) in [5.74, 6) is -0.300. The van der Waals surface area contributed by atoms with E-state index >= 15 is 0 Å². The summed E-state index contributed by atoms with van der Waals surface area (Å²) in [5, 5.41) is 9.95. The van der Waals surface area contributed by atoms with Gasteiger partial charge < -0.3 is 9.84 Å². The second-order valence-corrected chi connectivity index (χ2v) is 9.05. The molecule has 0 saturated carbocycles. The number of fused-ring (bicyclic) bond motifs is 1. The van der Waals surface area contributed by atoms with Crippen molar-refractivity contribution >= 4 is 28.9 Å². The Hall–Kier alpha value is -2.44. The van der Waals surface area contributed by atoms with Gasteiger partial charge in [0.15, 0.2) is 0 Å². The molecule has 0 aliphatic heterocycles. The SMILES string of the molecule is Cc1sc(-c2ccc(F)c(Cl)c2)nc1CCOc1ccc2c(c1)CCC2CC(=O)O. The van der Waals surface area contributed by atoms with Crippen molar-refractivity contribution in [2.75, 3.05) is 6.61 Å². The van der Waals surface area contributed by atoms with Gasteiger partial charge in [-0.2, -0.15) is 0 Å². The molecule has 0 amide bonds. The number of hydrogen-bond acceptors (Lipinski definition) is 4. The van der Waals surface area contributed by atoms with Crippen LogP contribution in [0.5, 0.6) is 5.75 Å². The summed E-state index contributed by atoms with van der Waals surface area (Å²) in [7, 11) is 0. The van der Waals surface area contributed by atoms with Crippen molar-refractivity contribution in [3.8, 4) is 16.3 Å². The number of aliphatic carboxylic acids is 1. The van der Waals surface area contributed by atoms with Gasteiger partial charge in [0.05, 0.1) is 23.7 Å². The van der Waals surface area contributed by atoms with Crippen LogP contribution in [-0.4, -0.2) is 22.7 Å². The highest BCUT2D eigenvalue weighted by Crippen LogP contribution is 2.37. The third-order valence-corrected chi connectivity index (χ3v) is 6.76. The average Bonchev–Trinajstić information content (AvgIpc) is 3.27. The molecule has 156 valence electrons. The molecule has 1 unspecified atom stereocenters. The molecule has 2 aromatic carbocycles. The first-order valence-electron chi connectivity index (χ1n) is 9.80. The highest BCUT2D eigenvalue weighted by Gasteiger charge is 2.24. The van der Waals surface area contributed by atoms with Gasteiger partial charge in [-0.1, -0.05) is 17.7 Å². The van der Waals surface area contributed by atoms with Crippen molar-refractivity contribution in [3.05, 3.63) is 68.9 Å². The van der Waals surface area contributed by atoms with Crippen molar-refractivity contribution in [2.24, 2.45) is 0 Å². The van der Waals surface area contributed by atoms with Crippen LogP contribution in [0.4, 0.5) is 4.39 Å². The summed E-state index contributed by atoms with van der Waals surface area (Å²) in [6.45, 7) is 2.51. The van der Waals surface area contributed by atoms with Crippen molar-refractivity contribution in [1.29, 1.82) is 0 Å². The van der Waals surface area contributed by atoms with Crippen molar-refractivity contribution in [3.63, 3.8) is 0 Å². The predicted octanol–water partition coefficient (Wildman–Crippen LogP) is 6.04. The number of thiazole rings is 1. The zero-order valence-corrected chi connectivity index (χ0v) is 18.0. The van der Waals surface area contributed by atoms with Crippen LogP contribution in [0.1, 0.15) is 40.5 Å². The second kappa shape index (κ2) is 8.74. The molecule has 1 aromatic heterocycles. The van der Waals surface area contributed by atoms with Crippen molar-refractivity contribution < 1.29 is 19.0 Å². The molecule has 3 aromatic rings. The lowest BCUT2D eigenvalue weighted by atomic mass is 9.98. The Balaban J connectivity index is 1.39. The minimum absolute atomic E-state index is 0.0902. The van der Waals surface area contributed by atoms with E-state index < -0.39 is 11.8 Å². The van der Waals surface area contributed by atoms with Gasteiger partial charge in [0.2, 0.25) is 0 Å². The van der Waals surface area contributed by atoms with E-state index in [0.29, 0.717) is 13.0 Å². The number of rotatable bonds is 7. The van der Waals surface area contributed by atoms with E-state index in [2.05, 4.69) is 4.98 Å². The molecule has 1 aliphatic carbocycles. The number of halogens is 2. The number of ether oxygens (including phenoxy) is 1. The summed E-state index contributed by atoms with van der Waals surface area (Å²) in [4.78, 5) is 16.8. The van der Waals surface area contributed by atoms with Gasteiger partial charge in [0, 0.05) is 16.9 Å². The first kappa shape index (κ1) is 20.8. The molecule has 4 nitrogen and oxygen atoms in total. The normalized spacial score (nSPS) is 15.2. The number of carbonyl (C=O) groups is 1. The first-order chi connectivity index (χ1) is 14.4. The number of carboxylic acids is 1. The summed E-state index contributed by atoms with van der Waals surface area (Å²) >= 11 is 7.44. The lowest BCUT2D eigenvalue weighted by Crippen LogP contribution is -2.04. The summed E-state index contributed by atoms with van der Waals surface area (Å²) in [5.41, 5.74) is 4.07. The molecule has 1 N–H and O–H groups in total. The third-order valence-electron chi connectivity index (χ3n) is 5.40. The quantitative estimate of drug-likeness (QED) is 0.481. The smallest absolute Gasteiger partial charge is 0.303 e. The molecule has 1 atom stereocenters. The fourth-order valence-electron chi connectivity index (χ4n) is 3.87. The van der Waals surface area contributed by atoms with E-state index in [-0.39, 0.29) is 17.4 Å². The highest BCUT2D eigenvalue weighted by atomic mass is 35.5. The van der Waals surface area contributed by atoms with Crippen molar-refractivity contribution in [2.45, 2.75) is 38.5 Å². The molecule has 7 heteroatoms. The van der Waals surface area contributed by atoms with Gasteiger partial charge in [-0.3, -0.25) is 4.79 Å².